The van der Waals surface area contributed by atoms with Crippen molar-refractivity contribution in [2.75, 3.05) is 5.32 Å². The number of anilines is 1. The lowest BCUT2D eigenvalue weighted by atomic mass is 9.94. The van der Waals surface area contributed by atoms with Crippen LogP contribution in [-0.2, 0) is 4.79 Å². The molecule has 7 nitrogen and oxygen atoms in total. The molecule has 2 aromatic rings. The Balaban J connectivity index is 1.73. The number of rotatable bonds is 3. The normalized spacial score (nSPS) is 17.9. The van der Waals surface area contributed by atoms with Crippen LogP contribution in [0.4, 0.5) is 5.82 Å². The average Bonchev–Trinajstić information content (AvgIpc) is 3.03. The van der Waals surface area contributed by atoms with Gasteiger partial charge in [-0.15, -0.1) is 0 Å². The fourth-order valence-electron chi connectivity index (χ4n) is 2.13. The number of nitrogens with one attached hydrogen (secondary N) is 1. The van der Waals surface area contributed by atoms with Crippen LogP contribution in [-0.4, -0.2) is 30.6 Å². The van der Waals surface area contributed by atoms with Gasteiger partial charge in [-0.3, -0.25) is 4.79 Å². The maximum absolute atomic E-state index is 12.1. The van der Waals surface area contributed by atoms with Crippen molar-refractivity contribution in [2.45, 2.75) is 19.3 Å². The number of nitrogens with zero attached hydrogens (tertiary/aromatic N) is 5. The summed E-state index contributed by atoms with van der Waals surface area (Å²) in [7, 11) is 0. The second-order valence-electron chi connectivity index (χ2n) is 4.57. The summed E-state index contributed by atoms with van der Waals surface area (Å²) in [4.78, 5) is 24.1. The van der Waals surface area contributed by atoms with Gasteiger partial charge in [0.1, 0.15) is 24.8 Å². The third kappa shape index (κ3) is 2.71. The van der Waals surface area contributed by atoms with Crippen molar-refractivity contribution >= 4 is 11.7 Å². The van der Waals surface area contributed by atoms with Crippen LogP contribution < -0.4 is 5.32 Å². The molecule has 1 amide bonds. The van der Waals surface area contributed by atoms with E-state index in [0.717, 1.165) is 19.3 Å². The Hall–Kier alpha value is -2.57. The zero-order valence-electron chi connectivity index (χ0n) is 10.8. The van der Waals surface area contributed by atoms with E-state index >= 15 is 0 Å². The molecule has 0 saturated carbocycles. The maximum atomic E-state index is 12.1. The Morgan fingerprint density at radius 1 is 1.30 bits per heavy atom. The zero-order chi connectivity index (χ0) is 13.8. The van der Waals surface area contributed by atoms with Crippen molar-refractivity contribution in [3.63, 3.8) is 0 Å². The summed E-state index contributed by atoms with van der Waals surface area (Å²) >= 11 is 0. The van der Waals surface area contributed by atoms with Gasteiger partial charge in [0, 0.05) is 12.0 Å². The fraction of sp³-hybridized carbons (Fsp3) is 0.308. The summed E-state index contributed by atoms with van der Waals surface area (Å²) in [6.45, 7) is 0. The van der Waals surface area contributed by atoms with E-state index in [1.54, 1.807) is 12.4 Å². The van der Waals surface area contributed by atoms with Crippen LogP contribution in [0.5, 0.6) is 0 Å². The predicted octanol–water partition coefficient (Wildman–Crippen LogP) is 1.35. The third-order valence-corrected chi connectivity index (χ3v) is 3.20. The lowest BCUT2D eigenvalue weighted by Crippen LogP contribution is -2.24. The molecule has 0 fully saturated rings. The van der Waals surface area contributed by atoms with Crippen LogP contribution in [0, 0.1) is 5.92 Å². The van der Waals surface area contributed by atoms with Gasteiger partial charge in [-0.1, -0.05) is 12.2 Å². The highest BCUT2D eigenvalue weighted by atomic mass is 16.1. The highest BCUT2D eigenvalue weighted by molar-refractivity contribution is 5.91. The van der Waals surface area contributed by atoms with Gasteiger partial charge < -0.3 is 5.32 Å². The molecular formula is C13H14N6O. The molecule has 3 rings (SSSR count). The molecule has 1 aliphatic rings. The molecule has 0 radical (unpaired) electrons. The molecule has 0 aliphatic heterocycles. The standard InChI is InChI=1S/C13H14N6O/c20-13(10-4-2-1-3-5-10)18-11-6-12(16-8-15-11)19-9-14-7-17-19/h1-2,6-10H,3-5H2,(H,15,16,18,20)/t10-/m0/s1. The third-order valence-electron chi connectivity index (χ3n) is 3.20. The topological polar surface area (TPSA) is 85.6 Å². The first-order valence-electron chi connectivity index (χ1n) is 6.46. The molecule has 2 heterocycles. The summed E-state index contributed by atoms with van der Waals surface area (Å²) in [6, 6.07) is 1.67. The van der Waals surface area contributed by atoms with Gasteiger partial charge in [-0.05, 0) is 19.3 Å². The van der Waals surface area contributed by atoms with Gasteiger partial charge >= 0.3 is 0 Å². The molecule has 0 bridgehead atoms. The van der Waals surface area contributed by atoms with Gasteiger partial charge in [0.15, 0.2) is 5.82 Å². The molecule has 0 saturated heterocycles. The first kappa shape index (κ1) is 12.5. The Morgan fingerprint density at radius 2 is 2.25 bits per heavy atom. The SMILES string of the molecule is O=C(Nc1cc(-n2cncn2)ncn1)[C@H]1CC=CCC1. The molecule has 2 aromatic heterocycles. The summed E-state index contributed by atoms with van der Waals surface area (Å²) in [5, 5.41) is 6.82. The molecule has 1 aliphatic carbocycles. The molecule has 7 heteroatoms. The zero-order valence-corrected chi connectivity index (χ0v) is 10.8. The largest absolute Gasteiger partial charge is 0.310 e. The lowest BCUT2D eigenvalue weighted by molar-refractivity contribution is -0.120. The van der Waals surface area contributed by atoms with Crippen molar-refractivity contribution in [1.29, 1.82) is 0 Å². The average molecular weight is 270 g/mol. The van der Waals surface area contributed by atoms with E-state index in [0.29, 0.717) is 11.6 Å². The summed E-state index contributed by atoms with van der Waals surface area (Å²) in [5.74, 6) is 1.06. The maximum Gasteiger partial charge on any atom is 0.228 e. The predicted molar refractivity (Wildman–Crippen MR) is 72.1 cm³/mol. The van der Waals surface area contributed by atoms with Crippen molar-refractivity contribution in [2.24, 2.45) is 5.92 Å². The van der Waals surface area contributed by atoms with E-state index < -0.39 is 0 Å². The summed E-state index contributed by atoms with van der Waals surface area (Å²) in [5.41, 5.74) is 0. The molecule has 102 valence electrons. The van der Waals surface area contributed by atoms with Gasteiger partial charge in [-0.25, -0.2) is 19.6 Å². The number of carbonyl (C=O) groups excluding carboxylic acids is 1. The number of hydrogen-bond donors (Lipinski definition) is 1. The van der Waals surface area contributed by atoms with Crippen LogP contribution >= 0.6 is 0 Å². The van der Waals surface area contributed by atoms with Crippen molar-refractivity contribution in [3.05, 3.63) is 37.2 Å². The second kappa shape index (κ2) is 5.60. The highest BCUT2D eigenvalue weighted by Crippen LogP contribution is 2.19. The molecule has 0 unspecified atom stereocenters. The minimum absolute atomic E-state index is 0.00223. The van der Waals surface area contributed by atoms with E-state index in [4.69, 9.17) is 0 Å². The van der Waals surface area contributed by atoms with Crippen LogP contribution in [0.3, 0.4) is 0 Å². The number of hydrogen-bond acceptors (Lipinski definition) is 5. The van der Waals surface area contributed by atoms with Crippen LogP contribution in [0.2, 0.25) is 0 Å². The monoisotopic (exact) mass is 270 g/mol. The summed E-state index contributed by atoms with van der Waals surface area (Å²) in [6.07, 6.45) is 11.1. The van der Waals surface area contributed by atoms with Gasteiger partial charge in [0.2, 0.25) is 5.91 Å². The first-order chi connectivity index (χ1) is 9.83. The highest BCUT2D eigenvalue weighted by Gasteiger charge is 2.19. The van der Waals surface area contributed by atoms with Gasteiger partial charge in [-0.2, -0.15) is 5.10 Å². The Morgan fingerprint density at radius 3 is 3.00 bits per heavy atom. The van der Waals surface area contributed by atoms with E-state index in [9.17, 15) is 4.79 Å². The second-order valence-corrected chi connectivity index (χ2v) is 4.57. The molecule has 0 aromatic carbocycles. The molecule has 0 spiro atoms. The smallest absolute Gasteiger partial charge is 0.228 e. The molecule has 1 N–H and O–H groups in total. The van der Waals surface area contributed by atoms with Crippen molar-refractivity contribution in [3.8, 4) is 5.82 Å². The Bertz CT molecular complexity index is 622. The number of aromatic nitrogens is 5. The molecule has 20 heavy (non-hydrogen) atoms. The quantitative estimate of drug-likeness (QED) is 0.851. The van der Waals surface area contributed by atoms with E-state index in [2.05, 4.69) is 37.5 Å². The van der Waals surface area contributed by atoms with Crippen LogP contribution in [0.1, 0.15) is 19.3 Å². The molecule has 1 atom stereocenters. The molecular weight excluding hydrogens is 256 g/mol. The minimum Gasteiger partial charge on any atom is -0.310 e. The van der Waals surface area contributed by atoms with Crippen molar-refractivity contribution < 1.29 is 4.79 Å². The number of carbonyl (C=O) groups is 1. The minimum atomic E-state index is -0.00223. The number of allylic oxidation sites excluding steroid dienone is 2. The fourth-order valence-corrected chi connectivity index (χ4v) is 2.13. The van der Waals surface area contributed by atoms with E-state index in [1.807, 2.05) is 0 Å². The summed E-state index contributed by atoms with van der Waals surface area (Å²) < 4.78 is 1.51. The Kier molecular flexibility index (Phi) is 3.49. The van der Waals surface area contributed by atoms with Crippen LogP contribution in [0.25, 0.3) is 5.82 Å². The first-order valence-corrected chi connectivity index (χ1v) is 6.46. The Labute approximate surface area is 115 Å². The van der Waals surface area contributed by atoms with Crippen LogP contribution in [0.15, 0.2) is 37.2 Å². The van der Waals surface area contributed by atoms with Crippen molar-refractivity contribution in [1.82, 2.24) is 24.7 Å². The van der Waals surface area contributed by atoms with E-state index in [-0.39, 0.29) is 11.8 Å². The van der Waals surface area contributed by atoms with Gasteiger partial charge in [0.25, 0.3) is 0 Å². The number of amides is 1. The van der Waals surface area contributed by atoms with Gasteiger partial charge in [0.05, 0.1) is 0 Å². The lowest BCUT2D eigenvalue weighted by Gasteiger charge is -2.16. The van der Waals surface area contributed by atoms with E-state index in [1.165, 1.54) is 17.3 Å².